The maximum Gasteiger partial charge on any atom is 0.0541 e. The standard InChI is InChI=1S/C54H36N2/c1-3-14-37(15-4-1)39-18-11-20-41(32-39)43-28-30-53-49(34-43)47-24-7-9-26-51(47)55(53)45-22-13-23-46(36-45)56-52-27-10-8-25-48(52)50-35-44(29-31-54(50)56)42-21-12-19-40(33-42)38-16-5-2-6-17-38/h1-36H. The molecule has 0 unspecified atom stereocenters. The van der Waals surface area contributed by atoms with E-state index in [1.807, 2.05) is 0 Å². The van der Waals surface area contributed by atoms with Gasteiger partial charge in [-0.2, -0.15) is 0 Å². The lowest BCUT2D eigenvalue weighted by atomic mass is 9.98. The van der Waals surface area contributed by atoms with Crippen LogP contribution in [-0.2, 0) is 0 Å². The molecule has 11 rings (SSSR count). The molecule has 0 fully saturated rings. The van der Waals surface area contributed by atoms with E-state index in [-0.39, 0.29) is 0 Å². The smallest absolute Gasteiger partial charge is 0.0541 e. The first-order valence-electron chi connectivity index (χ1n) is 19.3. The van der Waals surface area contributed by atoms with Gasteiger partial charge in [0.2, 0.25) is 0 Å². The van der Waals surface area contributed by atoms with Gasteiger partial charge in [0.25, 0.3) is 0 Å². The van der Waals surface area contributed by atoms with E-state index in [4.69, 9.17) is 0 Å². The van der Waals surface area contributed by atoms with Crippen molar-refractivity contribution >= 4 is 43.6 Å². The van der Waals surface area contributed by atoms with E-state index in [0.29, 0.717) is 0 Å². The molecule has 2 aromatic heterocycles. The summed E-state index contributed by atoms with van der Waals surface area (Å²) in [5, 5.41) is 4.98. The van der Waals surface area contributed by atoms with Gasteiger partial charge < -0.3 is 9.13 Å². The Morgan fingerprint density at radius 2 is 0.536 bits per heavy atom. The fourth-order valence-electron chi connectivity index (χ4n) is 8.65. The van der Waals surface area contributed by atoms with Crippen LogP contribution in [0.1, 0.15) is 0 Å². The molecule has 0 saturated heterocycles. The molecule has 0 radical (unpaired) electrons. The molecule has 2 nitrogen and oxygen atoms in total. The van der Waals surface area contributed by atoms with Gasteiger partial charge in [-0.15, -0.1) is 0 Å². The van der Waals surface area contributed by atoms with Gasteiger partial charge >= 0.3 is 0 Å². The van der Waals surface area contributed by atoms with Gasteiger partial charge in [0.05, 0.1) is 22.1 Å². The normalized spacial score (nSPS) is 11.6. The summed E-state index contributed by atoms with van der Waals surface area (Å²) in [4.78, 5) is 0. The molecule has 0 aliphatic carbocycles. The number of rotatable bonds is 6. The van der Waals surface area contributed by atoms with Crippen LogP contribution in [0.5, 0.6) is 0 Å². The highest BCUT2D eigenvalue weighted by Crippen LogP contribution is 2.39. The van der Waals surface area contributed by atoms with Crippen LogP contribution in [0.3, 0.4) is 0 Å². The summed E-state index contributed by atoms with van der Waals surface area (Å²) in [5.74, 6) is 0. The third-order valence-electron chi connectivity index (χ3n) is 11.3. The van der Waals surface area contributed by atoms with Crippen molar-refractivity contribution in [2.24, 2.45) is 0 Å². The van der Waals surface area contributed by atoms with Crippen molar-refractivity contribution in [2.75, 3.05) is 0 Å². The molecule has 262 valence electrons. The zero-order chi connectivity index (χ0) is 37.0. The van der Waals surface area contributed by atoms with Crippen LogP contribution in [0.4, 0.5) is 0 Å². The number of hydrogen-bond acceptors (Lipinski definition) is 0. The number of para-hydroxylation sites is 2. The van der Waals surface area contributed by atoms with Crippen molar-refractivity contribution in [3.63, 3.8) is 0 Å². The Kier molecular flexibility index (Phi) is 7.53. The van der Waals surface area contributed by atoms with Crippen molar-refractivity contribution in [3.8, 4) is 55.9 Å². The largest absolute Gasteiger partial charge is 0.309 e. The van der Waals surface area contributed by atoms with E-state index < -0.39 is 0 Å². The zero-order valence-corrected chi connectivity index (χ0v) is 30.7. The fraction of sp³-hybridized carbons (Fsp3) is 0. The van der Waals surface area contributed by atoms with Crippen LogP contribution < -0.4 is 0 Å². The molecule has 0 N–H and O–H groups in total. The number of nitrogens with zero attached hydrogens (tertiary/aromatic N) is 2. The van der Waals surface area contributed by atoms with Crippen molar-refractivity contribution in [1.82, 2.24) is 9.13 Å². The third-order valence-corrected chi connectivity index (χ3v) is 11.3. The molecule has 56 heavy (non-hydrogen) atoms. The number of hydrogen-bond donors (Lipinski definition) is 0. The Balaban J connectivity index is 1.03. The topological polar surface area (TPSA) is 9.86 Å². The molecule has 9 aromatic carbocycles. The van der Waals surface area contributed by atoms with E-state index in [9.17, 15) is 0 Å². The van der Waals surface area contributed by atoms with Gasteiger partial charge in [-0.3, -0.25) is 0 Å². The molecule has 11 aromatic rings. The second-order valence-corrected chi connectivity index (χ2v) is 14.6. The highest BCUT2D eigenvalue weighted by atomic mass is 15.0. The predicted molar refractivity (Wildman–Crippen MR) is 237 cm³/mol. The van der Waals surface area contributed by atoms with Gasteiger partial charge in [0.15, 0.2) is 0 Å². The van der Waals surface area contributed by atoms with Crippen molar-refractivity contribution in [2.45, 2.75) is 0 Å². The molecule has 0 bridgehead atoms. The summed E-state index contributed by atoms with van der Waals surface area (Å²) in [6, 6.07) is 79.4. The molecule has 0 aliphatic rings. The molecular formula is C54H36N2. The summed E-state index contributed by atoms with van der Waals surface area (Å²) >= 11 is 0. The zero-order valence-electron chi connectivity index (χ0n) is 30.7. The van der Waals surface area contributed by atoms with Crippen LogP contribution in [0.2, 0.25) is 0 Å². The summed E-state index contributed by atoms with van der Waals surface area (Å²) in [6.07, 6.45) is 0. The molecule has 0 amide bonds. The highest BCUT2D eigenvalue weighted by Gasteiger charge is 2.17. The quantitative estimate of drug-likeness (QED) is 0.162. The molecule has 2 heterocycles. The summed E-state index contributed by atoms with van der Waals surface area (Å²) in [7, 11) is 0. The van der Waals surface area contributed by atoms with Crippen LogP contribution in [0.25, 0.3) is 99.5 Å². The van der Waals surface area contributed by atoms with E-state index in [1.54, 1.807) is 0 Å². The van der Waals surface area contributed by atoms with Gasteiger partial charge in [-0.25, -0.2) is 0 Å². The van der Waals surface area contributed by atoms with Crippen LogP contribution in [-0.4, -0.2) is 9.13 Å². The minimum Gasteiger partial charge on any atom is -0.309 e. The molecular weight excluding hydrogens is 677 g/mol. The van der Waals surface area contributed by atoms with Crippen molar-refractivity contribution in [1.29, 1.82) is 0 Å². The maximum absolute atomic E-state index is 2.42. The Labute approximate surface area is 325 Å². The lowest BCUT2D eigenvalue weighted by Crippen LogP contribution is -1.98. The van der Waals surface area contributed by atoms with Gasteiger partial charge in [0.1, 0.15) is 0 Å². The predicted octanol–water partition coefficient (Wildman–Crippen LogP) is 14.5. The summed E-state index contributed by atoms with van der Waals surface area (Å²) < 4.78 is 4.84. The molecule has 0 saturated carbocycles. The van der Waals surface area contributed by atoms with E-state index in [2.05, 4.69) is 228 Å². The first kappa shape index (κ1) is 32.0. The molecule has 0 aliphatic heterocycles. The summed E-state index contributed by atoms with van der Waals surface area (Å²) in [5.41, 5.74) is 16.8. The van der Waals surface area contributed by atoms with Gasteiger partial charge in [-0.1, -0.05) is 152 Å². The molecule has 0 spiro atoms. The monoisotopic (exact) mass is 712 g/mol. The Morgan fingerprint density at radius 1 is 0.196 bits per heavy atom. The Hall–Kier alpha value is -7.42. The second-order valence-electron chi connectivity index (χ2n) is 14.6. The van der Waals surface area contributed by atoms with Crippen LogP contribution in [0.15, 0.2) is 218 Å². The van der Waals surface area contributed by atoms with E-state index >= 15 is 0 Å². The Morgan fingerprint density at radius 3 is 1.00 bits per heavy atom. The number of aromatic nitrogens is 2. The average molecular weight is 713 g/mol. The lowest BCUT2D eigenvalue weighted by Gasteiger charge is -2.13. The Bertz CT molecular complexity index is 3020. The fourth-order valence-corrected chi connectivity index (χ4v) is 8.65. The number of fused-ring (bicyclic) bond motifs is 6. The minimum absolute atomic E-state index is 1.13. The second kappa shape index (κ2) is 13.2. The maximum atomic E-state index is 2.42. The van der Waals surface area contributed by atoms with Gasteiger partial charge in [-0.05, 0) is 111 Å². The minimum atomic E-state index is 1.13. The first-order valence-corrected chi connectivity index (χ1v) is 19.3. The van der Waals surface area contributed by atoms with Crippen LogP contribution >= 0.6 is 0 Å². The highest BCUT2D eigenvalue weighted by molar-refractivity contribution is 6.12. The summed E-state index contributed by atoms with van der Waals surface area (Å²) in [6.45, 7) is 0. The SMILES string of the molecule is c1ccc(-c2cccc(-c3ccc4c(c3)c3ccccc3n4-c3cccc(-n4c5ccccc5c5cc(-c6cccc(-c7ccccc7)c6)ccc54)c3)c2)cc1. The first-order chi connectivity index (χ1) is 27.8. The van der Waals surface area contributed by atoms with E-state index in [1.165, 1.54) is 88.1 Å². The van der Waals surface area contributed by atoms with Gasteiger partial charge in [0, 0.05) is 32.9 Å². The van der Waals surface area contributed by atoms with E-state index in [0.717, 1.165) is 11.4 Å². The van der Waals surface area contributed by atoms with Crippen LogP contribution in [0, 0.1) is 0 Å². The number of benzene rings is 9. The van der Waals surface area contributed by atoms with Crippen molar-refractivity contribution < 1.29 is 0 Å². The van der Waals surface area contributed by atoms with Crippen molar-refractivity contribution in [3.05, 3.63) is 218 Å². The third kappa shape index (κ3) is 5.34. The molecule has 0 atom stereocenters. The average Bonchev–Trinajstić information content (AvgIpc) is 3.79. The molecule has 2 heteroatoms. The lowest BCUT2D eigenvalue weighted by molar-refractivity contribution is 1.13.